The molecule has 7 nitrogen and oxygen atoms in total. The molecule has 0 aliphatic rings. The zero-order valence-corrected chi connectivity index (χ0v) is 14.4. The molecule has 1 atom stereocenters. The topological polar surface area (TPSA) is 109 Å². The number of aromatic nitrogens is 1. The molecule has 25 heavy (non-hydrogen) atoms. The Hall–Kier alpha value is -3.05. The van der Waals surface area contributed by atoms with Crippen molar-refractivity contribution >= 4 is 34.7 Å². The van der Waals surface area contributed by atoms with Gasteiger partial charge in [0.05, 0.1) is 11.6 Å². The van der Waals surface area contributed by atoms with Crippen molar-refractivity contribution < 1.29 is 19.1 Å². The normalized spacial score (nSPS) is 11.2. The molecule has 8 heteroatoms. The van der Waals surface area contributed by atoms with Gasteiger partial charge in [-0.1, -0.05) is 0 Å². The molecule has 1 amide bonds. The standard InChI is InChI=1S/C17H15N3O4S/c1-10-9-25-16(19-10)14(7-18)15(22)8-24-17(23)12-3-5-13(6-4-12)20-11(2)21/h3-6,9,14H,8H2,1-2H3,(H,20,21). The number of hydrogen-bond donors (Lipinski definition) is 1. The first-order valence-corrected chi connectivity index (χ1v) is 8.18. The van der Waals surface area contributed by atoms with Crippen LogP contribution in [-0.2, 0) is 14.3 Å². The molecule has 0 aliphatic heterocycles. The molecule has 2 aromatic rings. The lowest BCUT2D eigenvalue weighted by molar-refractivity contribution is -0.122. The number of anilines is 1. The van der Waals surface area contributed by atoms with Crippen molar-refractivity contribution in [3.63, 3.8) is 0 Å². The Balaban J connectivity index is 1.95. The quantitative estimate of drug-likeness (QED) is 0.795. The van der Waals surface area contributed by atoms with Gasteiger partial charge in [0, 0.05) is 23.7 Å². The molecule has 0 saturated carbocycles. The third-order valence-electron chi connectivity index (χ3n) is 3.12. The summed E-state index contributed by atoms with van der Waals surface area (Å²) in [5, 5.41) is 13.9. The molecule has 0 aliphatic carbocycles. The minimum atomic E-state index is -1.05. The number of nitrogens with one attached hydrogen (secondary N) is 1. The fraction of sp³-hybridized carbons (Fsp3) is 0.235. The van der Waals surface area contributed by atoms with Crippen LogP contribution in [0.4, 0.5) is 5.69 Å². The van der Waals surface area contributed by atoms with Crippen LogP contribution in [0.15, 0.2) is 29.6 Å². The lowest BCUT2D eigenvalue weighted by Crippen LogP contribution is -2.20. The SMILES string of the molecule is CC(=O)Nc1ccc(C(=O)OCC(=O)C(C#N)c2nc(C)cs2)cc1. The maximum Gasteiger partial charge on any atom is 0.338 e. The van der Waals surface area contributed by atoms with Gasteiger partial charge in [0.1, 0.15) is 5.01 Å². The van der Waals surface area contributed by atoms with Crippen LogP contribution in [0.1, 0.15) is 33.9 Å². The number of amides is 1. The summed E-state index contributed by atoms with van der Waals surface area (Å²) in [7, 11) is 0. The minimum Gasteiger partial charge on any atom is -0.454 e. The fourth-order valence-corrected chi connectivity index (χ4v) is 2.83. The molecular formula is C17H15N3O4S. The first-order valence-electron chi connectivity index (χ1n) is 7.30. The van der Waals surface area contributed by atoms with Crippen molar-refractivity contribution in [2.45, 2.75) is 19.8 Å². The molecule has 0 saturated heterocycles. The third kappa shape index (κ3) is 4.96. The summed E-state index contributed by atoms with van der Waals surface area (Å²) in [5.41, 5.74) is 1.51. The smallest absolute Gasteiger partial charge is 0.338 e. The summed E-state index contributed by atoms with van der Waals surface area (Å²) in [5.74, 6) is -2.48. The van der Waals surface area contributed by atoms with Crippen molar-refractivity contribution in [2.75, 3.05) is 11.9 Å². The Morgan fingerprint density at radius 2 is 2.00 bits per heavy atom. The van der Waals surface area contributed by atoms with Crippen molar-refractivity contribution in [1.29, 1.82) is 5.26 Å². The van der Waals surface area contributed by atoms with Crippen molar-refractivity contribution in [1.82, 2.24) is 4.98 Å². The number of esters is 1. The van der Waals surface area contributed by atoms with Crippen LogP contribution in [0, 0.1) is 18.3 Å². The fourth-order valence-electron chi connectivity index (χ4n) is 1.97. The summed E-state index contributed by atoms with van der Waals surface area (Å²) in [6.45, 7) is 2.63. The van der Waals surface area contributed by atoms with Gasteiger partial charge in [-0.3, -0.25) is 9.59 Å². The summed E-state index contributed by atoms with van der Waals surface area (Å²) >= 11 is 1.22. The number of benzene rings is 1. The van der Waals surface area contributed by atoms with E-state index in [9.17, 15) is 14.4 Å². The van der Waals surface area contributed by atoms with Gasteiger partial charge in [-0.2, -0.15) is 5.26 Å². The van der Waals surface area contributed by atoms with E-state index in [0.717, 1.165) is 5.69 Å². The second-order valence-electron chi connectivity index (χ2n) is 5.19. The number of thiazole rings is 1. The number of hydrogen-bond acceptors (Lipinski definition) is 7. The highest BCUT2D eigenvalue weighted by atomic mass is 32.1. The van der Waals surface area contributed by atoms with Crippen molar-refractivity contribution in [3.8, 4) is 6.07 Å². The van der Waals surface area contributed by atoms with E-state index in [1.54, 1.807) is 24.4 Å². The maximum atomic E-state index is 12.1. The molecule has 0 fully saturated rings. The second-order valence-corrected chi connectivity index (χ2v) is 6.08. The highest BCUT2D eigenvalue weighted by Crippen LogP contribution is 2.21. The van der Waals surface area contributed by atoms with E-state index in [-0.39, 0.29) is 11.5 Å². The molecule has 0 bridgehead atoms. The summed E-state index contributed by atoms with van der Waals surface area (Å²) in [6, 6.07) is 7.94. The zero-order valence-electron chi connectivity index (χ0n) is 13.6. The monoisotopic (exact) mass is 357 g/mol. The van der Waals surface area contributed by atoms with E-state index >= 15 is 0 Å². The number of carbonyl (C=O) groups is 3. The van der Waals surface area contributed by atoms with Gasteiger partial charge in [-0.15, -0.1) is 11.3 Å². The second kappa shape index (κ2) is 8.17. The average Bonchev–Trinajstić information content (AvgIpc) is 2.99. The van der Waals surface area contributed by atoms with E-state index in [1.807, 2.05) is 6.07 Å². The third-order valence-corrected chi connectivity index (χ3v) is 4.15. The number of ketones is 1. The molecule has 0 radical (unpaired) electrons. The maximum absolute atomic E-state index is 12.1. The number of nitrogens with zero attached hydrogens (tertiary/aromatic N) is 2. The van der Waals surface area contributed by atoms with Gasteiger partial charge in [0.2, 0.25) is 5.91 Å². The molecular weight excluding hydrogens is 342 g/mol. The van der Waals surface area contributed by atoms with E-state index in [2.05, 4.69) is 10.3 Å². The average molecular weight is 357 g/mol. The van der Waals surface area contributed by atoms with Gasteiger partial charge in [-0.25, -0.2) is 9.78 Å². The highest BCUT2D eigenvalue weighted by molar-refractivity contribution is 7.09. The molecule has 1 unspecified atom stereocenters. The summed E-state index contributed by atoms with van der Waals surface area (Å²) < 4.78 is 4.97. The molecule has 1 aromatic carbocycles. The minimum absolute atomic E-state index is 0.221. The number of ether oxygens (including phenoxy) is 1. The number of Topliss-reactive ketones (excluding diaryl/α,β-unsaturated/α-hetero) is 1. The lowest BCUT2D eigenvalue weighted by Gasteiger charge is -2.07. The Morgan fingerprint density at radius 1 is 1.32 bits per heavy atom. The highest BCUT2D eigenvalue weighted by Gasteiger charge is 2.24. The first kappa shape index (κ1) is 18.3. The Labute approximate surface area is 148 Å². The van der Waals surface area contributed by atoms with Gasteiger partial charge in [0.15, 0.2) is 18.3 Å². The number of carbonyl (C=O) groups excluding carboxylic acids is 3. The zero-order chi connectivity index (χ0) is 18.4. The van der Waals surface area contributed by atoms with E-state index in [4.69, 9.17) is 10.00 Å². The van der Waals surface area contributed by atoms with Gasteiger partial charge in [-0.05, 0) is 31.2 Å². The van der Waals surface area contributed by atoms with Gasteiger partial charge >= 0.3 is 5.97 Å². The molecule has 1 heterocycles. The molecule has 0 spiro atoms. The van der Waals surface area contributed by atoms with Crippen molar-refractivity contribution in [2.24, 2.45) is 0 Å². The van der Waals surface area contributed by atoms with Crippen LogP contribution in [0.25, 0.3) is 0 Å². The molecule has 1 N–H and O–H groups in total. The summed E-state index contributed by atoms with van der Waals surface area (Å²) in [4.78, 5) is 39.2. The van der Waals surface area contributed by atoms with Crippen LogP contribution in [-0.4, -0.2) is 29.3 Å². The molecule has 1 aromatic heterocycles. The number of aryl methyl sites for hydroxylation is 1. The molecule has 2 rings (SSSR count). The lowest BCUT2D eigenvalue weighted by atomic mass is 10.1. The first-order chi connectivity index (χ1) is 11.9. The van der Waals surface area contributed by atoms with Crippen molar-refractivity contribution in [3.05, 3.63) is 45.9 Å². The number of rotatable bonds is 6. The molecule has 128 valence electrons. The Morgan fingerprint density at radius 3 is 2.52 bits per heavy atom. The van der Waals surface area contributed by atoms with E-state index < -0.39 is 24.3 Å². The van der Waals surface area contributed by atoms with Crippen LogP contribution >= 0.6 is 11.3 Å². The van der Waals surface area contributed by atoms with Gasteiger partial charge in [0.25, 0.3) is 0 Å². The van der Waals surface area contributed by atoms with E-state index in [1.165, 1.54) is 30.4 Å². The van der Waals surface area contributed by atoms with E-state index in [0.29, 0.717) is 10.7 Å². The largest absolute Gasteiger partial charge is 0.454 e. The predicted molar refractivity (Wildman–Crippen MR) is 91.2 cm³/mol. The Bertz CT molecular complexity index is 836. The van der Waals surface area contributed by atoms with Crippen LogP contribution in [0.2, 0.25) is 0 Å². The van der Waals surface area contributed by atoms with Gasteiger partial charge < -0.3 is 10.1 Å². The summed E-state index contributed by atoms with van der Waals surface area (Å²) in [6.07, 6.45) is 0. The Kier molecular flexibility index (Phi) is 5.98. The van der Waals surface area contributed by atoms with Crippen LogP contribution in [0.5, 0.6) is 0 Å². The van der Waals surface area contributed by atoms with Crippen LogP contribution in [0.3, 0.4) is 0 Å². The number of nitriles is 1. The van der Waals surface area contributed by atoms with Crippen LogP contribution < -0.4 is 5.32 Å². The predicted octanol–water partition coefficient (Wildman–Crippen LogP) is 2.44.